The molecule has 0 aliphatic carbocycles. The highest BCUT2D eigenvalue weighted by Gasteiger charge is 2.36. The summed E-state index contributed by atoms with van der Waals surface area (Å²) in [5, 5.41) is 1.61. The van der Waals surface area contributed by atoms with Crippen molar-refractivity contribution in [3.05, 3.63) is 0 Å². The van der Waals surface area contributed by atoms with Crippen LogP contribution in [-0.4, -0.2) is 28.8 Å². The largest absolute Gasteiger partial charge is 0.443 e. The summed E-state index contributed by atoms with van der Waals surface area (Å²) in [5.41, 5.74) is 2.49. The van der Waals surface area contributed by atoms with E-state index in [9.17, 15) is 4.79 Å². The number of ether oxygens (including phenoxy) is 1. The van der Waals surface area contributed by atoms with Gasteiger partial charge in [0.1, 0.15) is 5.60 Å². The van der Waals surface area contributed by atoms with Crippen LogP contribution < -0.4 is 5.43 Å². The fourth-order valence-corrected chi connectivity index (χ4v) is 1.66. The smallest absolute Gasteiger partial charge is 0.425 e. The summed E-state index contributed by atoms with van der Waals surface area (Å²) >= 11 is 0. The van der Waals surface area contributed by atoms with E-state index in [-0.39, 0.29) is 11.6 Å². The van der Waals surface area contributed by atoms with Gasteiger partial charge in [-0.3, -0.25) is 0 Å². The zero-order chi connectivity index (χ0) is 11.7. The molecule has 0 unspecified atom stereocenters. The van der Waals surface area contributed by atoms with Crippen LogP contribution in [0.1, 0.15) is 47.5 Å². The average molecular weight is 214 g/mol. The molecule has 4 heteroatoms. The molecular formula is C11H22N2O2. The summed E-state index contributed by atoms with van der Waals surface area (Å²) < 4.78 is 5.34. The van der Waals surface area contributed by atoms with Crippen LogP contribution in [0.15, 0.2) is 0 Å². The van der Waals surface area contributed by atoms with Crippen molar-refractivity contribution < 1.29 is 9.53 Å². The third-order valence-corrected chi connectivity index (χ3v) is 2.42. The third-order valence-electron chi connectivity index (χ3n) is 2.42. The van der Waals surface area contributed by atoms with Crippen molar-refractivity contribution in [1.82, 2.24) is 10.4 Å². The number of carbonyl (C=O) groups excluding carboxylic acids is 1. The summed E-state index contributed by atoms with van der Waals surface area (Å²) in [7, 11) is 0. The van der Waals surface area contributed by atoms with Crippen LogP contribution in [0, 0.1) is 0 Å². The minimum Gasteiger partial charge on any atom is -0.443 e. The third kappa shape index (κ3) is 3.38. The molecule has 4 nitrogen and oxygen atoms in total. The van der Waals surface area contributed by atoms with Crippen LogP contribution in [0.3, 0.4) is 0 Å². The average Bonchev–Trinajstić information content (AvgIpc) is 1.99. The van der Waals surface area contributed by atoms with Crippen LogP contribution in [0.2, 0.25) is 0 Å². The first-order valence-electron chi connectivity index (χ1n) is 5.49. The molecule has 1 rings (SSSR count). The molecule has 0 atom stereocenters. The zero-order valence-corrected chi connectivity index (χ0v) is 10.4. The van der Waals surface area contributed by atoms with Gasteiger partial charge in [0.25, 0.3) is 0 Å². The Kier molecular flexibility index (Phi) is 3.28. The molecule has 88 valence electrons. The SMILES string of the molecule is CC(C)(C)OC(=O)N1NCCCC1(C)C. The van der Waals surface area contributed by atoms with Gasteiger partial charge < -0.3 is 4.74 Å². The second-order valence-electron chi connectivity index (χ2n) is 5.64. The second kappa shape index (κ2) is 4.00. The lowest BCUT2D eigenvalue weighted by Gasteiger charge is -2.42. The minimum atomic E-state index is -0.438. The number of amides is 1. The first-order valence-corrected chi connectivity index (χ1v) is 5.49. The highest BCUT2D eigenvalue weighted by atomic mass is 16.6. The summed E-state index contributed by atoms with van der Waals surface area (Å²) in [6.45, 7) is 10.6. The fourth-order valence-electron chi connectivity index (χ4n) is 1.66. The number of nitrogens with zero attached hydrogens (tertiary/aromatic N) is 1. The zero-order valence-electron chi connectivity index (χ0n) is 10.4. The highest BCUT2D eigenvalue weighted by Crippen LogP contribution is 2.24. The van der Waals surface area contributed by atoms with E-state index in [2.05, 4.69) is 5.43 Å². The summed E-state index contributed by atoms with van der Waals surface area (Å²) in [6.07, 6.45) is 1.80. The summed E-state index contributed by atoms with van der Waals surface area (Å²) in [6, 6.07) is 0. The molecule has 1 saturated heterocycles. The predicted molar refractivity (Wildman–Crippen MR) is 59.4 cm³/mol. The Morgan fingerprint density at radius 1 is 1.40 bits per heavy atom. The van der Waals surface area contributed by atoms with Crippen LogP contribution in [0.25, 0.3) is 0 Å². The van der Waals surface area contributed by atoms with Crippen molar-refractivity contribution in [3.63, 3.8) is 0 Å². The molecule has 1 fully saturated rings. The lowest BCUT2D eigenvalue weighted by Crippen LogP contribution is -2.59. The fraction of sp³-hybridized carbons (Fsp3) is 0.909. The maximum absolute atomic E-state index is 11.9. The number of hydrogen-bond acceptors (Lipinski definition) is 3. The van der Waals surface area contributed by atoms with Crippen molar-refractivity contribution in [2.24, 2.45) is 0 Å². The second-order valence-corrected chi connectivity index (χ2v) is 5.64. The van der Waals surface area contributed by atoms with E-state index in [0.717, 1.165) is 19.4 Å². The Balaban J connectivity index is 2.65. The van der Waals surface area contributed by atoms with Gasteiger partial charge >= 0.3 is 6.09 Å². The van der Waals surface area contributed by atoms with E-state index in [1.165, 1.54) is 0 Å². The number of hydrogen-bond donors (Lipinski definition) is 1. The Morgan fingerprint density at radius 3 is 2.47 bits per heavy atom. The van der Waals surface area contributed by atoms with Gasteiger partial charge in [-0.25, -0.2) is 15.2 Å². The van der Waals surface area contributed by atoms with Gasteiger partial charge in [0.05, 0.1) is 5.54 Å². The highest BCUT2D eigenvalue weighted by molar-refractivity contribution is 5.68. The first-order chi connectivity index (χ1) is 6.72. The van der Waals surface area contributed by atoms with Crippen molar-refractivity contribution in [3.8, 4) is 0 Å². The van der Waals surface area contributed by atoms with Gasteiger partial charge in [-0.15, -0.1) is 0 Å². The van der Waals surface area contributed by atoms with Crippen LogP contribution >= 0.6 is 0 Å². The lowest BCUT2D eigenvalue weighted by atomic mass is 9.96. The molecule has 15 heavy (non-hydrogen) atoms. The molecule has 0 radical (unpaired) electrons. The summed E-state index contributed by atoms with van der Waals surface area (Å²) in [4.78, 5) is 11.9. The van der Waals surface area contributed by atoms with Crippen molar-refractivity contribution in [2.75, 3.05) is 6.54 Å². The predicted octanol–water partition coefficient (Wildman–Crippen LogP) is 2.30. The lowest BCUT2D eigenvalue weighted by molar-refractivity contribution is -0.0277. The minimum absolute atomic E-state index is 0.166. The van der Waals surface area contributed by atoms with Crippen molar-refractivity contribution >= 4 is 6.09 Å². The van der Waals surface area contributed by atoms with Gasteiger partial charge in [0, 0.05) is 6.54 Å². The molecule has 0 aromatic carbocycles. The van der Waals surface area contributed by atoms with Gasteiger partial charge in [-0.05, 0) is 47.5 Å². The molecule has 0 aromatic heterocycles. The van der Waals surface area contributed by atoms with Gasteiger partial charge in [0.2, 0.25) is 0 Å². The Labute approximate surface area is 91.9 Å². The Hall–Kier alpha value is -0.770. The summed E-state index contributed by atoms with van der Waals surface area (Å²) in [5.74, 6) is 0. The van der Waals surface area contributed by atoms with Gasteiger partial charge in [-0.2, -0.15) is 0 Å². The van der Waals surface area contributed by atoms with Gasteiger partial charge in [-0.1, -0.05) is 0 Å². The Morgan fingerprint density at radius 2 is 2.00 bits per heavy atom. The molecule has 1 amide bonds. The normalized spacial score (nSPS) is 21.3. The molecule has 0 aromatic rings. The number of rotatable bonds is 0. The molecule has 1 aliphatic heterocycles. The quantitative estimate of drug-likeness (QED) is 0.672. The molecule has 0 saturated carbocycles. The van der Waals surface area contributed by atoms with E-state index < -0.39 is 5.60 Å². The molecule has 0 bridgehead atoms. The molecule has 1 N–H and O–H groups in total. The van der Waals surface area contributed by atoms with Crippen molar-refractivity contribution in [1.29, 1.82) is 0 Å². The first kappa shape index (κ1) is 12.3. The van der Waals surface area contributed by atoms with Crippen LogP contribution in [0.4, 0.5) is 4.79 Å². The Bertz CT molecular complexity index is 243. The number of nitrogens with one attached hydrogen (secondary N) is 1. The number of carbonyl (C=O) groups is 1. The van der Waals surface area contributed by atoms with E-state index in [1.54, 1.807) is 5.01 Å². The van der Waals surface area contributed by atoms with Crippen LogP contribution in [0.5, 0.6) is 0 Å². The van der Waals surface area contributed by atoms with Crippen LogP contribution in [-0.2, 0) is 4.74 Å². The molecule has 1 aliphatic rings. The topological polar surface area (TPSA) is 41.6 Å². The standard InChI is InChI=1S/C11H22N2O2/c1-10(2,3)15-9(14)13-11(4,5)7-6-8-12-13/h12H,6-8H2,1-5H3. The van der Waals surface area contributed by atoms with E-state index >= 15 is 0 Å². The maximum atomic E-state index is 11.9. The molecular weight excluding hydrogens is 192 g/mol. The molecule has 1 heterocycles. The monoisotopic (exact) mass is 214 g/mol. The van der Waals surface area contributed by atoms with E-state index in [1.807, 2.05) is 34.6 Å². The van der Waals surface area contributed by atoms with E-state index in [4.69, 9.17) is 4.74 Å². The molecule has 0 spiro atoms. The van der Waals surface area contributed by atoms with Gasteiger partial charge in [0.15, 0.2) is 0 Å². The van der Waals surface area contributed by atoms with Crippen molar-refractivity contribution in [2.45, 2.75) is 58.6 Å². The maximum Gasteiger partial charge on any atom is 0.425 e. The number of hydrazine groups is 1. The van der Waals surface area contributed by atoms with E-state index in [0.29, 0.717) is 0 Å².